The lowest BCUT2D eigenvalue weighted by Gasteiger charge is -1.96. The first-order chi connectivity index (χ1) is 4.90. The number of rotatable bonds is 1. The first-order valence-electron chi connectivity index (χ1n) is 3.95. The van der Waals surface area contributed by atoms with Crippen LogP contribution in [0.1, 0.15) is 19.3 Å². The maximum atomic E-state index is 3.76. The lowest BCUT2D eigenvalue weighted by molar-refractivity contribution is 0.771. The van der Waals surface area contributed by atoms with Gasteiger partial charge < -0.3 is 0 Å². The Labute approximate surface area is 61.9 Å². The van der Waals surface area contributed by atoms with E-state index in [9.17, 15) is 0 Å². The van der Waals surface area contributed by atoms with Gasteiger partial charge in [-0.25, -0.2) is 0 Å². The maximum absolute atomic E-state index is 3.76. The number of allylic oxidation sites excluding steroid dienone is 5. The van der Waals surface area contributed by atoms with Crippen molar-refractivity contribution in [2.24, 2.45) is 5.92 Å². The molecule has 52 valence electrons. The van der Waals surface area contributed by atoms with Crippen LogP contribution in [-0.2, 0) is 0 Å². The topological polar surface area (TPSA) is 0 Å². The van der Waals surface area contributed by atoms with Crippen LogP contribution in [0, 0.1) is 5.92 Å². The van der Waals surface area contributed by atoms with Crippen molar-refractivity contribution < 1.29 is 0 Å². The Balaban J connectivity index is 2.26. The van der Waals surface area contributed by atoms with Crippen LogP contribution < -0.4 is 0 Å². The molecule has 1 atom stereocenters. The molecule has 1 fully saturated rings. The minimum Gasteiger partial charge on any atom is -0.0985 e. The summed E-state index contributed by atoms with van der Waals surface area (Å²) in [7, 11) is 0. The minimum atomic E-state index is 0.785. The fourth-order valence-electron chi connectivity index (χ4n) is 1.89. The molecule has 2 aliphatic rings. The molecular formula is C10H12. The second kappa shape index (κ2) is 2.12. The molecule has 2 aliphatic carbocycles. The van der Waals surface area contributed by atoms with Gasteiger partial charge in [-0.15, -0.1) is 0 Å². The highest BCUT2D eigenvalue weighted by molar-refractivity contribution is 5.42. The van der Waals surface area contributed by atoms with Crippen molar-refractivity contribution in [3.05, 3.63) is 36.0 Å². The van der Waals surface area contributed by atoms with Crippen LogP contribution in [0.25, 0.3) is 0 Å². The zero-order chi connectivity index (χ0) is 6.97. The van der Waals surface area contributed by atoms with Crippen LogP contribution in [0.15, 0.2) is 36.0 Å². The van der Waals surface area contributed by atoms with Crippen LogP contribution in [0.5, 0.6) is 0 Å². The predicted octanol–water partition coefficient (Wildman–Crippen LogP) is 2.84. The van der Waals surface area contributed by atoms with Gasteiger partial charge in [0.2, 0.25) is 0 Å². The summed E-state index contributed by atoms with van der Waals surface area (Å²) in [6.07, 6.45) is 10.7. The smallest absolute Gasteiger partial charge is 0.00109 e. The average molecular weight is 132 g/mol. The first kappa shape index (κ1) is 5.96. The molecule has 0 aromatic carbocycles. The Morgan fingerprint density at radius 2 is 2.50 bits per heavy atom. The molecule has 0 aromatic rings. The van der Waals surface area contributed by atoms with E-state index in [1.165, 1.54) is 24.8 Å². The third-order valence-corrected chi connectivity index (χ3v) is 2.44. The van der Waals surface area contributed by atoms with Crippen LogP contribution in [0.4, 0.5) is 0 Å². The molecule has 0 saturated heterocycles. The summed E-state index contributed by atoms with van der Waals surface area (Å²) >= 11 is 0. The summed E-state index contributed by atoms with van der Waals surface area (Å²) in [6.45, 7) is 3.76. The molecule has 0 spiro atoms. The molecule has 10 heavy (non-hydrogen) atoms. The van der Waals surface area contributed by atoms with Gasteiger partial charge >= 0.3 is 0 Å². The normalized spacial score (nSPS) is 29.4. The minimum absolute atomic E-state index is 0.785. The van der Waals surface area contributed by atoms with Crippen LogP contribution >= 0.6 is 0 Å². The summed E-state index contributed by atoms with van der Waals surface area (Å²) in [6, 6.07) is 0. The fourth-order valence-corrected chi connectivity index (χ4v) is 1.89. The molecule has 0 aromatic heterocycles. The number of hydrogen-bond donors (Lipinski definition) is 0. The summed E-state index contributed by atoms with van der Waals surface area (Å²) in [5.41, 5.74) is 2.97. The summed E-state index contributed by atoms with van der Waals surface area (Å²) < 4.78 is 0. The van der Waals surface area contributed by atoms with E-state index >= 15 is 0 Å². The SMILES string of the molecule is C=CC1=CC2CCCC2=C1. The van der Waals surface area contributed by atoms with E-state index in [0.717, 1.165) is 5.92 Å². The molecule has 1 saturated carbocycles. The third-order valence-electron chi connectivity index (χ3n) is 2.44. The largest absolute Gasteiger partial charge is 0.0985 e. The summed E-state index contributed by atoms with van der Waals surface area (Å²) in [5.74, 6) is 0.785. The van der Waals surface area contributed by atoms with Crippen LogP contribution in [0.2, 0.25) is 0 Å². The molecule has 0 amide bonds. The highest BCUT2D eigenvalue weighted by Gasteiger charge is 2.22. The monoisotopic (exact) mass is 132 g/mol. The number of fused-ring (bicyclic) bond motifs is 1. The maximum Gasteiger partial charge on any atom is -0.00109 e. The molecule has 0 heteroatoms. The summed E-state index contributed by atoms with van der Waals surface area (Å²) in [4.78, 5) is 0. The van der Waals surface area contributed by atoms with Crippen molar-refractivity contribution in [2.45, 2.75) is 19.3 Å². The molecular weight excluding hydrogens is 120 g/mol. The van der Waals surface area contributed by atoms with Gasteiger partial charge in [0, 0.05) is 0 Å². The molecule has 0 bridgehead atoms. The molecule has 0 aliphatic heterocycles. The molecule has 0 radical (unpaired) electrons. The molecule has 0 heterocycles. The van der Waals surface area contributed by atoms with Crippen molar-refractivity contribution in [3.63, 3.8) is 0 Å². The van der Waals surface area contributed by atoms with E-state index in [-0.39, 0.29) is 0 Å². The Morgan fingerprint density at radius 1 is 1.60 bits per heavy atom. The van der Waals surface area contributed by atoms with E-state index in [0.29, 0.717) is 0 Å². The fraction of sp³-hybridized carbons (Fsp3) is 0.400. The lowest BCUT2D eigenvalue weighted by Crippen LogP contribution is -1.84. The standard InChI is InChI=1S/C10H12/c1-2-8-6-9-4-3-5-10(9)7-8/h2,6-7,9H,1,3-5H2. The molecule has 2 rings (SSSR count). The van der Waals surface area contributed by atoms with Gasteiger partial charge in [-0.2, -0.15) is 0 Å². The predicted molar refractivity (Wildman–Crippen MR) is 43.7 cm³/mol. The van der Waals surface area contributed by atoms with Crippen LogP contribution in [0.3, 0.4) is 0 Å². The Bertz CT molecular complexity index is 218. The third kappa shape index (κ3) is 0.756. The van der Waals surface area contributed by atoms with Crippen molar-refractivity contribution in [1.82, 2.24) is 0 Å². The zero-order valence-corrected chi connectivity index (χ0v) is 6.14. The van der Waals surface area contributed by atoms with E-state index in [2.05, 4.69) is 18.7 Å². The average Bonchev–Trinajstić information content (AvgIpc) is 2.42. The van der Waals surface area contributed by atoms with Crippen molar-refractivity contribution >= 4 is 0 Å². The molecule has 0 nitrogen and oxygen atoms in total. The van der Waals surface area contributed by atoms with E-state index in [1.54, 1.807) is 5.57 Å². The second-order valence-electron chi connectivity index (χ2n) is 3.09. The Kier molecular flexibility index (Phi) is 1.26. The van der Waals surface area contributed by atoms with Gasteiger partial charge in [-0.1, -0.05) is 30.4 Å². The van der Waals surface area contributed by atoms with Gasteiger partial charge in [0.25, 0.3) is 0 Å². The molecule has 0 N–H and O–H groups in total. The lowest BCUT2D eigenvalue weighted by atomic mass is 10.1. The number of hydrogen-bond acceptors (Lipinski definition) is 0. The van der Waals surface area contributed by atoms with Gasteiger partial charge in [-0.05, 0) is 30.8 Å². The molecule has 1 unspecified atom stereocenters. The van der Waals surface area contributed by atoms with Crippen LogP contribution in [-0.4, -0.2) is 0 Å². The second-order valence-corrected chi connectivity index (χ2v) is 3.09. The van der Waals surface area contributed by atoms with Crippen molar-refractivity contribution in [1.29, 1.82) is 0 Å². The van der Waals surface area contributed by atoms with E-state index < -0.39 is 0 Å². The van der Waals surface area contributed by atoms with Crippen molar-refractivity contribution in [2.75, 3.05) is 0 Å². The summed E-state index contributed by atoms with van der Waals surface area (Å²) in [5, 5.41) is 0. The zero-order valence-electron chi connectivity index (χ0n) is 6.14. The van der Waals surface area contributed by atoms with Gasteiger partial charge in [-0.3, -0.25) is 0 Å². The van der Waals surface area contributed by atoms with Gasteiger partial charge in [0.15, 0.2) is 0 Å². The van der Waals surface area contributed by atoms with Gasteiger partial charge in [0.1, 0.15) is 0 Å². The van der Waals surface area contributed by atoms with Crippen molar-refractivity contribution in [3.8, 4) is 0 Å². The Hall–Kier alpha value is -0.780. The quantitative estimate of drug-likeness (QED) is 0.514. The van der Waals surface area contributed by atoms with Gasteiger partial charge in [0.05, 0.1) is 0 Å². The highest BCUT2D eigenvalue weighted by Crippen LogP contribution is 2.37. The van der Waals surface area contributed by atoms with E-state index in [1.807, 2.05) is 6.08 Å². The first-order valence-corrected chi connectivity index (χ1v) is 3.95. The Morgan fingerprint density at radius 3 is 3.20 bits per heavy atom. The van der Waals surface area contributed by atoms with E-state index in [4.69, 9.17) is 0 Å². The highest BCUT2D eigenvalue weighted by atomic mass is 14.3.